The zero-order chi connectivity index (χ0) is 21.6. The first-order valence-electron chi connectivity index (χ1n) is 11.2. The number of benzene rings is 1. The lowest BCUT2D eigenvalue weighted by atomic mass is 10.1. The molecule has 1 saturated heterocycles. The molecule has 31 heavy (non-hydrogen) atoms. The third kappa shape index (κ3) is 4.88. The Morgan fingerprint density at radius 3 is 2.52 bits per heavy atom. The number of aromatic nitrogens is 2. The van der Waals surface area contributed by atoms with Crippen LogP contribution in [0, 0.1) is 0 Å². The van der Waals surface area contributed by atoms with Crippen LogP contribution in [0.5, 0.6) is 0 Å². The van der Waals surface area contributed by atoms with Crippen LogP contribution in [-0.2, 0) is 17.6 Å². The summed E-state index contributed by atoms with van der Waals surface area (Å²) in [5, 5.41) is 7.62. The number of carbonyl (C=O) groups excluding carboxylic acids is 2. The number of nitrogens with one attached hydrogen (secondary N) is 1. The molecule has 0 atom stereocenters. The van der Waals surface area contributed by atoms with E-state index in [0.717, 1.165) is 36.9 Å². The summed E-state index contributed by atoms with van der Waals surface area (Å²) in [5.74, 6) is 0.00944. The topological polar surface area (TPSA) is 70.5 Å². The fourth-order valence-electron chi connectivity index (χ4n) is 4.43. The van der Waals surface area contributed by atoms with Crippen molar-refractivity contribution in [3.05, 3.63) is 59.9 Å². The second-order valence-electron chi connectivity index (χ2n) is 8.24. The molecule has 4 rings (SSSR count). The first-order valence-corrected chi connectivity index (χ1v) is 11.2. The zero-order valence-electron chi connectivity index (χ0n) is 18.1. The van der Waals surface area contributed by atoms with Gasteiger partial charge in [-0.05, 0) is 37.8 Å². The van der Waals surface area contributed by atoms with Gasteiger partial charge < -0.3 is 10.2 Å². The van der Waals surface area contributed by atoms with E-state index < -0.39 is 0 Å². The molecule has 1 fully saturated rings. The first-order chi connectivity index (χ1) is 15.2. The molecule has 0 spiro atoms. The maximum atomic E-state index is 13.4. The quantitative estimate of drug-likeness (QED) is 0.574. The third-order valence-electron chi connectivity index (χ3n) is 6.10. The van der Waals surface area contributed by atoms with Crippen molar-refractivity contribution in [2.75, 3.05) is 39.3 Å². The van der Waals surface area contributed by atoms with E-state index in [4.69, 9.17) is 5.10 Å². The van der Waals surface area contributed by atoms with Gasteiger partial charge in [-0.15, -0.1) is 6.58 Å². The lowest BCUT2D eigenvalue weighted by molar-refractivity contribution is -0.122. The van der Waals surface area contributed by atoms with Gasteiger partial charge in [-0.3, -0.25) is 14.5 Å². The molecule has 2 heterocycles. The highest BCUT2D eigenvalue weighted by atomic mass is 16.2. The van der Waals surface area contributed by atoms with Crippen LogP contribution >= 0.6 is 0 Å². The van der Waals surface area contributed by atoms with Gasteiger partial charge in [0.1, 0.15) is 0 Å². The molecular weight excluding hydrogens is 390 g/mol. The highest BCUT2D eigenvalue weighted by Gasteiger charge is 2.30. The number of piperazine rings is 1. The Kier molecular flexibility index (Phi) is 6.82. The molecule has 2 aliphatic rings. The van der Waals surface area contributed by atoms with E-state index in [1.165, 1.54) is 12.1 Å². The van der Waals surface area contributed by atoms with Gasteiger partial charge in [-0.2, -0.15) is 5.10 Å². The lowest BCUT2D eigenvalue weighted by Crippen LogP contribution is -2.51. The SMILES string of the molecule is C=CCNC(=O)CN1CCN(C(=O)c2nn(-c3ccccc3)c3c2CCCCC3)CC1. The van der Waals surface area contributed by atoms with E-state index in [-0.39, 0.29) is 11.8 Å². The Morgan fingerprint density at radius 1 is 1.03 bits per heavy atom. The molecular formula is C24H31N5O2. The van der Waals surface area contributed by atoms with Crippen molar-refractivity contribution in [3.8, 4) is 5.69 Å². The van der Waals surface area contributed by atoms with Gasteiger partial charge >= 0.3 is 0 Å². The Morgan fingerprint density at radius 2 is 1.77 bits per heavy atom. The number of hydrogen-bond acceptors (Lipinski definition) is 4. The minimum Gasteiger partial charge on any atom is -0.352 e. The number of rotatable bonds is 6. The second-order valence-corrected chi connectivity index (χ2v) is 8.24. The number of fused-ring (bicyclic) bond motifs is 1. The summed E-state index contributed by atoms with van der Waals surface area (Å²) in [5.41, 5.74) is 3.93. The number of amides is 2. The fraction of sp³-hybridized carbons (Fsp3) is 0.458. The molecule has 0 bridgehead atoms. The van der Waals surface area contributed by atoms with Crippen LogP contribution < -0.4 is 5.32 Å². The number of hydrogen-bond donors (Lipinski definition) is 1. The summed E-state index contributed by atoms with van der Waals surface area (Å²) in [6, 6.07) is 10.1. The number of carbonyl (C=O) groups is 2. The van der Waals surface area contributed by atoms with E-state index in [0.29, 0.717) is 45.0 Å². The Hall–Kier alpha value is -2.93. The minimum absolute atomic E-state index is 0.00778. The van der Waals surface area contributed by atoms with E-state index in [2.05, 4.69) is 16.8 Å². The molecule has 0 saturated carbocycles. The van der Waals surface area contributed by atoms with Gasteiger partial charge in [0.05, 0.1) is 12.2 Å². The summed E-state index contributed by atoms with van der Waals surface area (Å²) in [6.45, 7) is 7.05. The van der Waals surface area contributed by atoms with Crippen molar-refractivity contribution in [2.24, 2.45) is 0 Å². The summed E-state index contributed by atoms with van der Waals surface area (Å²) < 4.78 is 1.98. The van der Waals surface area contributed by atoms with Crippen LogP contribution in [0.2, 0.25) is 0 Å². The molecule has 164 valence electrons. The van der Waals surface area contributed by atoms with Crippen LogP contribution in [0.15, 0.2) is 43.0 Å². The van der Waals surface area contributed by atoms with Crippen LogP contribution in [0.4, 0.5) is 0 Å². The van der Waals surface area contributed by atoms with Crippen LogP contribution in [0.25, 0.3) is 5.69 Å². The molecule has 7 heteroatoms. The van der Waals surface area contributed by atoms with Crippen molar-refractivity contribution < 1.29 is 9.59 Å². The van der Waals surface area contributed by atoms with Gasteiger partial charge in [-0.1, -0.05) is 30.7 Å². The summed E-state index contributed by atoms with van der Waals surface area (Å²) in [4.78, 5) is 29.4. The van der Waals surface area contributed by atoms with Gasteiger partial charge in [0.15, 0.2) is 5.69 Å². The molecule has 1 aliphatic heterocycles. The molecule has 1 N–H and O–H groups in total. The van der Waals surface area contributed by atoms with Crippen LogP contribution in [-0.4, -0.2) is 70.7 Å². The van der Waals surface area contributed by atoms with Crippen LogP contribution in [0.3, 0.4) is 0 Å². The Bertz CT molecular complexity index is 929. The maximum Gasteiger partial charge on any atom is 0.274 e. The van der Waals surface area contributed by atoms with Crippen molar-refractivity contribution >= 4 is 11.8 Å². The minimum atomic E-state index is -0.00778. The molecule has 7 nitrogen and oxygen atoms in total. The molecule has 0 radical (unpaired) electrons. The van der Waals surface area contributed by atoms with Crippen LogP contribution in [0.1, 0.15) is 41.0 Å². The van der Waals surface area contributed by atoms with Gasteiger partial charge in [-0.25, -0.2) is 4.68 Å². The summed E-state index contributed by atoms with van der Waals surface area (Å²) in [6.07, 6.45) is 6.95. The van der Waals surface area contributed by atoms with Gasteiger partial charge in [0.25, 0.3) is 5.91 Å². The van der Waals surface area contributed by atoms with E-state index in [1.54, 1.807) is 6.08 Å². The number of para-hydroxylation sites is 1. The van der Waals surface area contributed by atoms with E-state index >= 15 is 0 Å². The number of nitrogens with zero attached hydrogens (tertiary/aromatic N) is 4. The zero-order valence-corrected chi connectivity index (χ0v) is 18.1. The average Bonchev–Trinajstić information content (AvgIpc) is 2.99. The van der Waals surface area contributed by atoms with E-state index in [9.17, 15) is 9.59 Å². The third-order valence-corrected chi connectivity index (χ3v) is 6.10. The smallest absolute Gasteiger partial charge is 0.274 e. The predicted octanol–water partition coefficient (Wildman–Crippen LogP) is 2.20. The largest absolute Gasteiger partial charge is 0.352 e. The standard InChI is InChI=1S/C24H31N5O2/c1-2-13-25-22(30)18-27-14-16-28(17-15-27)24(31)23-20-11-7-4-8-12-21(20)29(26-23)19-9-5-3-6-10-19/h2-3,5-6,9-10H,1,4,7-8,11-18H2,(H,25,30). The monoisotopic (exact) mass is 421 g/mol. The fourth-order valence-corrected chi connectivity index (χ4v) is 4.43. The van der Waals surface area contributed by atoms with Gasteiger partial charge in [0.2, 0.25) is 5.91 Å². The molecule has 1 aromatic heterocycles. The average molecular weight is 422 g/mol. The molecule has 2 aromatic rings. The first kappa shape index (κ1) is 21.3. The highest BCUT2D eigenvalue weighted by Crippen LogP contribution is 2.27. The normalized spacial score (nSPS) is 17.0. The molecule has 1 aliphatic carbocycles. The van der Waals surface area contributed by atoms with Crippen molar-refractivity contribution in [1.82, 2.24) is 24.9 Å². The Labute approximate surface area is 183 Å². The summed E-state index contributed by atoms with van der Waals surface area (Å²) >= 11 is 0. The van der Waals surface area contributed by atoms with Crippen molar-refractivity contribution in [2.45, 2.75) is 32.1 Å². The molecule has 1 aromatic carbocycles. The molecule has 0 unspecified atom stereocenters. The molecule has 2 amide bonds. The summed E-state index contributed by atoms with van der Waals surface area (Å²) in [7, 11) is 0. The Balaban J connectivity index is 1.48. The second kappa shape index (κ2) is 9.92. The highest BCUT2D eigenvalue weighted by molar-refractivity contribution is 5.94. The van der Waals surface area contributed by atoms with Crippen molar-refractivity contribution in [1.29, 1.82) is 0 Å². The van der Waals surface area contributed by atoms with E-state index in [1.807, 2.05) is 39.9 Å². The maximum absolute atomic E-state index is 13.4. The lowest BCUT2D eigenvalue weighted by Gasteiger charge is -2.34. The van der Waals surface area contributed by atoms with Crippen molar-refractivity contribution in [3.63, 3.8) is 0 Å². The van der Waals surface area contributed by atoms with Gasteiger partial charge in [0, 0.05) is 44.0 Å². The predicted molar refractivity (Wildman–Crippen MR) is 120 cm³/mol.